The molecule has 1 amide bonds. The number of rotatable bonds is 6. The van der Waals surface area contributed by atoms with Gasteiger partial charge in [0, 0.05) is 32.7 Å². The number of carbonyl (C=O) groups is 1. The fourth-order valence-corrected chi connectivity index (χ4v) is 3.70. The Balaban J connectivity index is 1.23. The van der Waals surface area contributed by atoms with E-state index in [2.05, 4.69) is 19.8 Å². The van der Waals surface area contributed by atoms with Crippen molar-refractivity contribution in [2.45, 2.75) is 12.8 Å². The van der Waals surface area contributed by atoms with Crippen molar-refractivity contribution in [2.24, 2.45) is 0 Å². The number of carbonyl (C=O) groups excluding carboxylic acids is 1. The molecule has 7 nitrogen and oxygen atoms in total. The lowest BCUT2D eigenvalue weighted by Crippen LogP contribution is -2.49. The highest BCUT2D eigenvalue weighted by Crippen LogP contribution is 2.19. The van der Waals surface area contributed by atoms with Crippen molar-refractivity contribution in [3.63, 3.8) is 0 Å². The third-order valence-electron chi connectivity index (χ3n) is 5.55. The molecule has 2 aromatic carbocycles. The van der Waals surface area contributed by atoms with Crippen molar-refractivity contribution < 1.29 is 9.18 Å². The molecule has 1 aliphatic rings. The molecule has 0 saturated carbocycles. The van der Waals surface area contributed by atoms with E-state index < -0.39 is 5.82 Å². The molecule has 31 heavy (non-hydrogen) atoms. The Kier molecular flexibility index (Phi) is 6.34. The van der Waals surface area contributed by atoms with Crippen LogP contribution in [0.1, 0.15) is 11.1 Å². The summed E-state index contributed by atoms with van der Waals surface area (Å²) in [5.74, 6) is -0.331. The van der Waals surface area contributed by atoms with E-state index in [1.165, 1.54) is 18.5 Å². The lowest BCUT2D eigenvalue weighted by Gasteiger charge is -2.34. The number of benzene rings is 2. The Morgan fingerprint density at radius 3 is 2.45 bits per heavy atom. The van der Waals surface area contributed by atoms with E-state index in [0.29, 0.717) is 19.5 Å². The number of hydrogen-bond donors (Lipinski definition) is 0. The van der Waals surface area contributed by atoms with E-state index in [0.717, 1.165) is 42.9 Å². The monoisotopic (exact) mass is 418 g/mol. The lowest BCUT2D eigenvalue weighted by molar-refractivity contribution is -0.132. The highest BCUT2D eigenvalue weighted by atomic mass is 19.1. The number of aromatic nitrogens is 3. The van der Waals surface area contributed by atoms with Crippen LogP contribution in [0.2, 0.25) is 0 Å². The largest absolute Gasteiger partial charge is 0.340 e. The summed E-state index contributed by atoms with van der Waals surface area (Å²) < 4.78 is 15.4. The van der Waals surface area contributed by atoms with Crippen molar-refractivity contribution in [3.8, 4) is 5.69 Å². The van der Waals surface area contributed by atoms with Gasteiger partial charge in [0.25, 0.3) is 0 Å². The van der Waals surface area contributed by atoms with Gasteiger partial charge in [0.2, 0.25) is 11.6 Å². The van der Waals surface area contributed by atoms with Gasteiger partial charge in [-0.15, -0.1) is 0 Å². The molecule has 1 saturated heterocycles. The molecular weight excluding hydrogens is 395 g/mol. The summed E-state index contributed by atoms with van der Waals surface area (Å²) in [5, 5.41) is 4.10. The molecule has 0 radical (unpaired) electrons. The lowest BCUT2D eigenvalue weighted by atomic mass is 10.1. The van der Waals surface area contributed by atoms with Crippen molar-refractivity contribution in [1.29, 1.82) is 0 Å². The van der Waals surface area contributed by atoms with Crippen LogP contribution in [0.3, 0.4) is 0 Å². The summed E-state index contributed by atoms with van der Waals surface area (Å²) in [6.07, 6.45) is 4.23. The molecule has 0 spiro atoms. The molecule has 0 unspecified atom stereocenters. The van der Waals surface area contributed by atoms with Gasteiger partial charge in [0.15, 0.2) is 0 Å². The molecule has 0 atom stereocenters. The van der Waals surface area contributed by atoms with Crippen molar-refractivity contribution >= 4 is 11.6 Å². The molecule has 1 aromatic heterocycles. The highest BCUT2D eigenvalue weighted by molar-refractivity contribution is 5.79. The number of amides is 1. The van der Waals surface area contributed by atoms with Gasteiger partial charge in [-0.25, -0.2) is 18.9 Å². The van der Waals surface area contributed by atoms with Crippen LogP contribution in [-0.4, -0.2) is 63.2 Å². The highest BCUT2D eigenvalue weighted by Gasteiger charge is 2.21. The summed E-state index contributed by atoms with van der Waals surface area (Å²) in [4.78, 5) is 24.0. The zero-order valence-electron chi connectivity index (χ0n) is 17.1. The molecule has 1 aliphatic heterocycles. The van der Waals surface area contributed by atoms with Crippen LogP contribution < -0.4 is 0 Å². The Morgan fingerprint density at radius 1 is 1.06 bits per heavy atom. The summed E-state index contributed by atoms with van der Waals surface area (Å²) in [7, 11) is 0. The molecule has 8 heteroatoms. The van der Waals surface area contributed by atoms with E-state index in [9.17, 15) is 9.18 Å². The predicted octanol–water partition coefficient (Wildman–Crippen LogP) is 2.89. The van der Waals surface area contributed by atoms with Gasteiger partial charge in [-0.2, -0.15) is 5.10 Å². The molecule has 0 aliphatic carbocycles. The van der Waals surface area contributed by atoms with Gasteiger partial charge >= 0.3 is 0 Å². The maximum Gasteiger partial charge on any atom is 0.227 e. The Bertz CT molecular complexity index is 1070. The van der Waals surface area contributed by atoms with Crippen molar-refractivity contribution in [1.82, 2.24) is 24.6 Å². The van der Waals surface area contributed by atoms with Crippen LogP contribution in [0, 0.1) is 12.4 Å². The van der Waals surface area contributed by atoms with E-state index in [4.69, 9.17) is 6.57 Å². The standard InChI is InChI=1S/C23H23FN6O/c1-25-22-7-4-19(14-21(22)24)8-9-28-10-12-29(13-11-28)23(31)15-18-2-5-20(6-3-18)30-17-26-16-27-30/h2-7,14,16-17H,8-13,15H2. The van der Waals surface area contributed by atoms with Gasteiger partial charge < -0.3 is 4.90 Å². The van der Waals surface area contributed by atoms with Gasteiger partial charge in [0.05, 0.1) is 18.7 Å². The first-order valence-electron chi connectivity index (χ1n) is 10.2. The summed E-state index contributed by atoms with van der Waals surface area (Å²) in [5.41, 5.74) is 2.83. The Labute approximate surface area is 180 Å². The van der Waals surface area contributed by atoms with Gasteiger partial charge in [-0.1, -0.05) is 24.3 Å². The second-order valence-corrected chi connectivity index (χ2v) is 7.55. The van der Waals surface area contributed by atoms with Gasteiger partial charge in [-0.3, -0.25) is 9.69 Å². The zero-order valence-corrected chi connectivity index (χ0v) is 17.1. The van der Waals surface area contributed by atoms with E-state index in [-0.39, 0.29) is 11.6 Å². The molecule has 2 heterocycles. The minimum Gasteiger partial charge on any atom is -0.340 e. The smallest absolute Gasteiger partial charge is 0.227 e. The fraction of sp³-hybridized carbons (Fsp3) is 0.304. The molecule has 158 valence electrons. The number of hydrogen-bond acceptors (Lipinski definition) is 4. The van der Waals surface area contributed by atoms with Gasteiger partial charge in [-0.05, 0) is 35.7 Å². The minimum atomic E-state index is -0.461. The average Bonchev–Trinajstić information content (AvgIpc) is 3.33. The maximum atomic E-state index is 13.8. The normalized spacial score (nSPS) is 14.4. The average molecular weight is 418 g/mol. The van der Waals surface area contributed by atoms with Crippen molar-refractivity contribution in [2.75, 3.05) is 32.7 Å². The van der Waals surface area contributed by atoms with Crippen LogP contribution in [0.15, 0.2) is 55.1 Å². The first-order valence-corrected chi connectivity index (χ1v) is 10.2. The topological polar surface area (TPSA) is 58.6 Å². The molecule has 1 fully saturated rings. The maximum absolute atomic E-state index is 13.8. The zero-order chi connectivity index (χ0) is 21.6. The van der Waals surface area contributed by atoms with Crippen LogP contribution in [0.25, 0.3) is 10.5 Å². The van der Waals surface area contributed by atoms with Crippen LogP contribution in [-0.2, 0) is 17.6 Å². The first kappa shape index (κ1) is 20.7. The van der Waals surface area contributed by atoms with E-state index in [1.807, 2.05) is 35.2 Å². The Morgan fingerprint density at radius 2 is 1.81 bits per heavy atom. The van der Waals surface area contributed by atoms with Crippen LogP contribution in [0.5, 0.6) is 0 Å². The van der Waals surface area contributed by atoms with Gasteiger partial charge in [0.1, 0.15) is 18.5 Å². The SMILES string of the molecule is [C-]#[N+]c1ccc(CCN2CCN(C(=O)Cc3ccc(-n4cncn4)cc3)CC2)cc1F. The minimum absolute atomic E-state index is 0.0592. The number of halogens is 1. The fourth-order valence-electron chi connectivity index (χ4n) is 3.70. The predicted molar refractivity (Wildman–Crippen MR) is 114 cm³/mol. The number of nitrogens with zero attached hydrogens (tertiary/aromatic N) is 6. The second-order valence-electron chi connectivity index (χ2n) is 7.55. The van der Waals surface area contributed by atoms with E-state index in [1.54, 1.807) is 11.0 Å². The van der Waals surface area contributed by atoms with E-state index >= 15 is 0 Å². The summed E-state index contributed by atoms with van der Waals surface area (Å²) in [6.45, 7) is 10.7. The molecule has 0 N–H and O–H groups in total. The van der Waals surface area contributed by atoms with Crippen molar-refractivity contribution in [3.05, 3.63) is 83.5 Å². The Hall–Kier alpha value is -3.57. The third kappa shape index (κ3) is 5.13. The summed E-state index contributed by atoms with van der Waals surface area (Å²) in [6, 6.07) is 12.6. The molecular formula is C23H23FN6O. The molecule has 4 rings (SSSR count). The molecule has 3 aromatic rings. The third-order valence-corrected chi connectivity index (χ3v) is 5.55. The van der Waals surface area contributed by atoms with Crippen LogP contribution in [0.4, 0.5) is 10.1 Å². The first-order chi connectivity index (χ1) is 15.1. The number of piperazine rings is 1. The molecule has 0 bridgehead atoms. The second kappa shape index (κ2) is 9.49. The quantitative estimate of drug-likeness (QED) is 0.578. The summed E-state index contributed by atoms with van der Waals surface area (Å²) >= 11 is 0. The van der Waals surface area contributed by atoms with Crippen LogP contribution >= 0.6 is 0 Å².